The molecular weight excluding hydrogens is 320 g/mol. The Morgan fingerprint density at radius 3 is 2.62 bits per heavy atom. The predicted octanol–water partition coefficient (Wildman–Crippen LogP) is -0.741. The third kappa shape index (κ3) is 2.56. The van der Waals surface area contributed by atoms with E-state index in [9.17, 15) is 15.0 Å². The first-order valence-electron chi connectivity index (χ1n) is 6.80. The molecule has 0 amide bonds. The van der Waals surface area contributed by atoms with Gasteiger partial charge in [0.05, 0.1) is 12.2 Å². The summed E-state index contributed by atoms with van der Waals surface area (Å²) in [7, 11) is 0. The fourth-order valence-corrected chi connectivity index (χ4v) is 2.14. The quantitative estimate of drug-likeness (QED) is 0.480. The molecule has 11 nitrogen and oxygen atoms in total. The van der Waals surface area contributed by atoms with E-state index in [1.807, 2.05) is 0 Å². The lowest BCUT2D eigenvalue weighted by molar-refractivity contribution is 0.238. The molecular formula is C13H14N6O5. The lowest BCUT2D eigenvalue weighted by Crippen LogP contribution is -2.24. The highest BCUT2D eigenvalue weighted by Crippen LogP contribution is 2.37. The molecule has 0 aliphatic carbocycles. The normalized spacial score (nSPS) is 11.1. The molecule has 0 saturated carbocycles. The van der Waals surface area contributed by atoms with Crippen LogP contribution in [0.1, 0.15) is 17.0 Å². The summed E-state index contributed by atoms with van der Waals surface area (Å²) in [4.78, 5) is 15.7. The van der Waals surface area contributed by atoms with Crippen molar-refractivity contribution in [3.63, 3.8) is 0 Å². The Hall–Kier alpha value is -3.34. The average molecular weight is 334 g/mol. The number of hydrogen-bond donors (Lipinski definition) is 4. The van der Waals surface area contributed by atoms with E-state index in [0.29, 0.717) is 11.3 Å². The second-order valence-corrected chi connectivity index (χ2v) is 5.05. The van der Waals surface area contributed by atoms with E-state index in [2.05, 4.69) is 15.3 Å². The molecule has 0 atom stereocenters. The maximum absolute atomic E-state index is 12.0. The van der Waals surface area contributed by atoms with Gasteiger partial charge in [-0.3, -0.25) is 0 Å². The zero-order valence-corrected chi connectivity index (χ0v) is 12.5. The van der Waals surface area contributed by atoms with Gasteiger partial charge in [0, 0.05) is 18.0 Å². The van der Waals surface area contributed by atoms with Gasteiger partial charge in [-0.25, -0.2) is 14.0 Å². The lowest BCUT2D eigenvalue weighted by atomic mass is 10.3. The van der Waals surface area contributed by atoms with Crippen LogP contribution >= 0.6 is 0 Å². The fraction of sp³-hybridized carbons (Fsp3) is 0.231. The summed E-state index contributed by atoms with van der Waals surface area (Å²) < 4.78 is 7.48. The summed E-state index contributed by atoms with van der Waals surface area (Å²) >= 11 is 0. The zero-order chi connectivity index (χ0) is 17.4. The monoisotopic (exact) mass is 334 g/mol. The summed E-state index contributed by atoms with van der Waals surface area (Å²) in [6.07, 6.45) is 2.98. The van der Waals surface area contributed by atoms with Gasteiger partial charge in [-0.2, -0.15) is 4.98 Å². The zero-order valence-electron chi connectivity index (χ0n) is 12.5. The van der Waals surface area contributed by atoms with Gasteiger partial charge in [0.25, 0.3) is 5.88 Å². The van der Waals surface area contributed by atoms with Crippen molar-refractivity contribution >= 4 is 5.82 Å². The number of nitrogen functional groups attached to an aromatic ring is 1. The lowest BCUT2D eigenvalue weighted by Gasteiger charge is -2.08. The molecule has 0 saturated heterocycles. The van der Waals surface area contributed by atoms with Crippen LogP contribution in [0.15, 0.2) is 21.6 Å². The van der Waals surface area contributed by atoms with Crippen LogP contribution in [-0.4, -0.2) is 39.9 Å². The van der Waals surface area contributed by atoms with Crippen molar-refractivity contribution in [1.29, 1.82) is 0 Å². The van der Waals surface area contributed by atoms with Crippen LogP contribution in [0.25, 0.3) is 5.88 Å². The fourth-order valence-electron chi connectivity index (χ4n) is 2.14. The smallest absolute Gasteiger partial charge is 0.356 e. The van der Waals surface area contributed by atoms with Crippen molar-refractivity contribution in [2.24, 2.45) is 0 Å². The number of aromatic hydroxyl groups is 2. The first-order valence-corrected chi connectivity index (χ1v) is 6.80. The number of hydrogen-bond acceptors (Lipinski definition) is 9. The predicted molar refractivity (Wildman–Crippen MR) is 79.6 cm³/mol. The van der Waals surface area contributed by atoms with Crippen LogP contribution in [0.4, 0.5) is 5.82 Å². The first-order chi connectivity index (χ1) is 11.4. The number of anilines is 1. The van der Waals surface area contributed by atoms with Gasteiger partial charge < -0.3 is 25.5 Å². The van der Waals surface area contributed by atoms with E-state index in [0.717, 1.165) is 4.57 Å². The molecule has 11 heteroatoms. The third-order valence-electron chi connectivity index (χ3n) is 3.29. The van der Waals surface area contributed by atoms with Gasteiger partial charge in [-0.1, -0.05) is 5.21 Å². The summed E-state index contributed by atoms with van der Waals surface area (Å²) in [6.45, 7) is 1.30. The largest absolute Gasteiger partial charge is 0.502 e. The molecule has 0 aromatic carbocycles. The van der Waals surface area contributed by atoms with E-state index < -0.39 is 23.8 Å². The van der Waals surface area contributed by atoms with Gasteiger partial charge in [0.15, 0.2) is 5.76 Å². The van der Waals surface area contributed by atoms with Crippen LogP contribution in [-0.2, 0) is 13.2 Å². The highest BCUT2D eigenvalue weighted by Gasteiger charge is 2.22. The molecule has 0 unspecified atom stereocenters. The molecule has 0 fully saturated rings. The Morgan fingerprint density at radius 2 is 2.04 bits per heavy atom. The molecule has 0 spiro atoms. The summed E-state index contributed by atoms with van der Waals surface area (Å²) in [5.41, 5.74) is 6.06. The van der Waals surface area contributed by atoms with Crippen LogP contribution < -0.4 is 11.4 Å². The highest BCUT2D eigenvalue weighted by molar-refractivity contribution is 5.52. The van der Waals surface area contributed by atoms with Crippen LogP contribution in [0.2, 0.25) is 0 Å². The van der Waals surface area contributed by atoms with Gasteiger partial charge in [0.1, 0.15) is 12.4 Å². The number of nitrogens with two attached hydrogens (primary N) is 1. The summed E-state index contributed by atoms with van der Waals surface area (Å²) in [6, 6.07) is 0. The minimum Gasteiger partial charge on any atom is -0.502 e. The maximum Gasteiger partial charge on any atom is 0.356 e. The molecule has 3 heterocycles. The van der Waals surface area contributed by atoms with E-state index >= 15 is 0 Å². The molecule has 0 aliphatic heterocycles. The molecule has 0 bridgehead atoms. The first kappa shape index (κ1) is 15.6. The number of rotatable bonds is 4. The van der Waals surface area contributed by atoms with E-state index in [4.69, 9.17) is 15.3 Å². The van der Waals surface area contributed by atoms with E-state index in [-0.39, 0.29) is 24.0 Å². The summed E-state index contributed by atoms with van der Waals surface area (Å²) in [5, 5.41) is 36.3. The molecule has 3 aromatic heterocycles. The number of aliphatic hydroxyl groups is 1. The number of nitrogens with zero attached hydrogens (tertiary/aromatic N) is 5. The highest BCUT2D eigenvalue weighted by atomic mass is 16.4. The molecule has 126 valence electrons. The van der Waals surface area contributed by atoms with Crippen LogP contribution in [0, 0.1) is 6.92 Å². The maximum atomic E-state index is 12.0. The second-order valence-electron chi connectivity index (χ2n) is 5.05. The van der Waals surface area contributed by atoms with E-state index in [1.165, 1.54) is 10.9 Å². The topological polar surface area (TPSA) is 165 Å². The second kappa shape index (κ2) is 5.70. The molecule has 5 N–H and O–H groups in total. The van der Waals surface area contributed by atoms with Crippen molar-refractivity contribution in [3.05, 3.63) is 39.9 Å². The summed E-state index contributed by atoms with van der Waals surface area (Å²) in [5.74, 6) is -1.99. The minimum atomic E-state index is -0.820. The average Bonchev–Trinajstić information content (AvgIpc) is 3.07. The molecule has 24 heavy (non-hydrogen) atoms. The standard InChI is InChI=1S/C13H14N6O5/c1-6-2-18(17-16-6)3-7-4-19(13(23)15-11(7)14)12-10(22)9(21)8(5-20)24-12/h2,4,20-22H,3,5H2,1H3,(H2,14,15,23). The number of aryl methyl sites for hydroxylation is 1. The van der Waals surface area contributed by atoms with Crippen molar-refractivity contribution in [1.82, 2.24) is 24.5 Å². The van der Waals surface area contributed by atoms with Gasteiger partial charge >= 0.3 is 5.69 Å². The van der Waals surface area contributed by atoms with E-state index in [1.54, 1.807) is 13.1 Å². The number of aliphatic hydroxyl groups excluding tert-OH is 1. The van der Waals surface area contributed by atoms with Gasteiger partial charge in [0.2, 0.25) is 11.5 Å². The van der Waals surface area contributed by atoms with Gasteiger partial charge in [-0.05, 0) is 6.92 Å². The molecule has 3 rings (SSSR count). The Labute approximate surface area is 134 Å². The molecule has 0 aliphatic rings. The Morgan fingerprint density at radius 1 is 1.29 bits per heavy atom. The third-order valence-corrected chi connectivity index (χ3v) is 3.29. The number of aromatic nitrogens is 5. The SMILES string of the molecule is Cc1cn(Cc2cn(-c3oc(CO)c(O)c3O)c(=O)nc2N)nn1. The Kier molecular flexibility index (Phi) is 3.69. The van der Waals surface area contributed by atoms with Crippen molar-refractivity contribution in [2.75, 3.05) is 5.73 Å². The number of furan rings is 1. The van der Waals surface area contributed by atoms with Crippen molar-refractivity contribution in [3.8, 4) is 17.4 Å². The van der Waals surface area contributed by atoms with Gasteiger partial charge in [-0.15, -0.1) is 5.10 Å². The molecule has 3 aromatic rings. The Bertz CT molecular complexity index is 956. The van der Waals surface area contributed by atoms with Crippen molar-refractivity contribution < 1.29 is 19.7 Å². The van der Waals surface area contributed by atoms with Crippen LogP contribution in [0.3, 0.4) is 0 Å². The Balaban J connectivity index is 2.09. The van der Waals surface area contributed by atoms with Crippen LogP contribution in [0.5, 0.6) is 11.5 Å². The molecule has 0 radical (unpaired) electrons. The minimum absolute atomic E-state index is 0.0120. The van der Waals surface area contributed by atoms with Crippen molar-refractivity contribution in [2.45, 2.75) is 20.1 Å².